The number of ether oxygens (including phenoxy) is 1. The summed E-state index contributed by atoms with van der Waals surface area (Å²) >= 11 is 0. The van der Waals surface area contributed by atoms with Gasteiger partial charge in [-0.1, -0.05) is 42.5 Å². The Morgan fingerprint density at radius 3 is 2.47 bits per heavy atom. The van der Waals surface area contributed by atoms with Crippen molar-refractivity contribution in [3.05, 3.63) is 91.0 Å². The molecule has 0 aliphatic rings. The molecule has 4 aromatic rings. The van der Waals surface area contributed by atoms with E-state index in [0.29, 0.717) is 18.6 Å². The summed E-state index contributed by atoms with van der Waals surface area (Å²) < 4.78 is 33.6. The molecule has 2 heterocycles. The average Bonchev–Trinajstić information content (AvgIpc) is 2.84. The summed E-state index contributed by atoms with van der Waals surface area (Å²) in [6.45, 7) is 1.13. The Kier molecular flexibility index (Phi) is 7.21. The Labute approximate surface area is 188 Å². The number of sulfonamides is 1. The molecule has 0 amide bonds. The van der Waals surface area contributed by atoms with Gasteiger partial charge in [-0.3, -0.25) is 9.97 Å². The molecule has 0 radical (unpaired) electrons. The smallest absolute Gasteiger partial charge is 0.241 e. The number of pyridine rings is 2. The highest BCUT2D eigenvalue weighted by molar-refractivity contribution is 7.89. The maximum atomic E-state index is 12.7. The Bertz CT molecular complexity index is 1260. The Balaban J connectivity index is 1.19. The van der Waals surface area contributed by atoms with Gasteiger partial charge in [-0.05, 0) is 47.7 Å². The molecule has 0 saturated carbocycles. The topological polar surface area (TPSA) is 81.2 Å². The number of hydrogen-bond donors (Lipinski definition) is 1. The fraction of sp³-hybridized carbons (Fsp3) is 0.200. The van der Waals surface area contributed by atoms with E-state index in [2.05, 4.69) is 39.0 Å². The van der Waals surface area contributed by atoms with Gasteiger partial charge in [0.25, 0.3) is 0 Å². The second-order valence-corrected chi connectivity index (χ2v) is 9.14. The van der Waals surface area contributed by atoms with Crippen LogP contribution in [0.2, 0.25) is 0 Å². The summed E-state index contributed by atoms with van der Waals surface area (Å²) in [5.41, 5.74) is 3.49. The Morgan fingerprint density at radius 1 is 0.812 bits per heavy atom. The van der Waals surface area contributed by atoms with E-state index >= 15 is 0 Å². The highest BCUT2D eigenvalue weighted by Gasteiger charge is 2.16. The van der Waals surface area contributed by atoms with Crippen LogP contribution in [-0.2, 0) is 21.2 Å². The predicted octanol–water partition coefficient (Wildman–Crippen LogP) is 4.22. The van der Waals surface area contributed by atoms with E-state index in [1.165, 1.54) is 5.56 Å². The van der Waals surface area contributed by atoms with Gasteiger partial charge < -0.3 is 4.74 Å². The lowest BCUT2D eigenvalue weighted by atomic mass is 10.0. The van der Waals surface area contributed by atoms with Crippen molar-refractivity contribution in [1.82, 2.24) is 14.7 Å². The molecule has 2 aromatic heterocycles. The molecule has 4 rings (SSSR count). The van der Waals surface area contributed by atoms with Gasteiger partial charge >= 0.3 is 0 Å². The van der Waals surface area contributed by atoms with Crippen molar-refractivity contribution in [3.8, 4) is 11.1 Å². The van der Waals surface area contributed by atoms with Crippen LogP contribution in [0.1, 0.15) is 12.0 Å². The van der Waals surface area contributed by atoms with Crippen molar-refractivity contribution < 1.29 is 13.2 Å². The quantitative estimate of drug-likeness (QED) is 0.368. The van der Waals surface area contributed by atoms with E-state index in [1.54, 1.807) is 36.8 Å². The van der Waals surface area contributed by atoms with Gasteiger partial charge in [-0.25, -0.2) is 13.1 Å². The third-order valence-corrected chi connectivity index (χ3v) is 6.69. The molecule has 0 fully saturated rings. The van der Waals surface area contributed by atoms with Crippen molar-refractivity contribution in [2.45, 2.75) is 17.7 Å². The van der Waals surface area contributed by atoms with Crippen molar-refractivity contribution in [2.24, 2.45) is 0 Å². The van der Waals surface area contributed by atoms with E-state index in [1.807, 2.05) is 24.4 Å². The van der Waals surface area contributed by atoms with Crippen LogP contribution in [0, 0.1) is 0 Å². The summed E-state index contributed by atoms with van der Waals surface area (Å²) in [7, 11) is -3.61. The highest BCUT2D eigenvalue weighted by Crippen LogP contribution is 2.22. The van der Waals surface area contributed by atoms with Crippen LogP contribution < -0.4 is 4.72 Å². The molecule has 0 aliphatic carbocycles. The SMILES string of the molecule is O=S(=O)(NCCOCCCc1ccc(-c2cccnc2)cc1)c1cccc2cnccc12. The van der Waals surface area contributed by atoms with Crippen LogP contribution >= 0.6 is 0 Å². The molecule has 0 aliphatic heterocycles. The highest BCUT2D eigenvalue weighted by atomic mass is 32.2. The fourth-order valence-electron chi connectivity index (χ4n) is 3.53. The van der Waals surface area contributed by atoms with Crippen molar-refractivity contribution in [1.29, 1.82) is 0 Å². The maximum absolute atomic E-state index is 12.7. The number of rotatable bonds is 10. The number of aryl methyl sites for hydroxylation is 1. The zero-order valence-corrected chi connectivity index (χ0v) is 18.5. The second kappa shape index (κ2) is 10.5. The first-order chi connectivity index (χ1) is 15.6. The van der Waals surface area contributed by atoms with E-state index in [0.717, 1.165) is 29.4 Å². The monoisotopic (exact) mass is 447 g/mol. The molecular weight excluding hydrogens is 422 g/mol. The van der Waals surface area contributed by atoms with Gasteiger partial charge in [0.15, 0.2) is 0 Å². The molecule has 1 N–H and O–H groups in total. The second-order valence-electron chi connectivity index (χ2n) is 7.41. The molecule has 0 spiro atoms. The molecule has 6 nitrogen and oxygen atoms in total. The lowest BCUT2D eigenvalue weighted by Crippen LogP contribution is -2.27. The summed E-state index contributed by atoms with van der Waals surface area (Å²) in [6, 6.07) is 19.3. The fourth-order valence-corrected chi connectivity index (χ4v) is 4.77. The standard InChI is InChI=1S/C25H25N3O3S/c29-32(30,25-7-1-5-23-19-27-14-12-24(23)25)28-15-17-31-16-3-4-20-8-10-21(11-9-20)22-6-2-13-26-18-22/h1-2,5-14,18-19,28H,3-4,15-17H2. The van der Waals surface area contributed by atoms with Crippen molar-refractivity contribution in [3.63, 3.8) is 0 Å². The largest absolute Gasteiger partial charge is 0.380 e. The molecule has 32 heavy (non-hydrogen) atoms. The minimum Gasteiger partial charge on any atom is -0.380 e. The molecular formula is C25H25N3O3S. The van der Waals surface area contributed by atoms with Gasteiger partial charge in [-0.2, -0.15) is 0 Å². The molecule has 2 aromatic carbocycles. The van der Waals surface area contributed by atoms with Gasteiger partial charge in [0, 0.05) is 48.7 Å². The zero-order chi connectivity index (χ0) is 22.2. The number of nitrogens with zero attached hydrogens (tertiary/aromatic N) is 2. The number of hydrogen-bond acceptors (Lipinski definition) is 5. The van der Waals surface area contributed by atoms with Crippen LogP contribution in [0.3, 0.4) is 0 Å². The van der Waals surface area contributed by atoms with Gasteiger partial charge in [0.1, 0.15) is 0 Å². The minimum absolute atomic E-state index is 0.226. The van der Waals surface area contributed by atoms with Crippen LogP contribution in [-0.4, -0.2) is 38.1 Å². The number of fused-ring (bicyclic) bond motifs is 1. The molecule has 0 saturated heterocycles. The first kappa shape index (κ1) is 22.1. The molecule has 0 unspecified atom stereocenters. The van der Waals surface area contributed by atoms with Crippen LogP contribution in [0.4, 0.5) is 0 Å². The Hall–Kier alpha value is -3.13. The normalized spacial score (nSPS) is 11.6. The molecule has 164 valence electrons. The van der Waals surface area contributed by atoms with E-state index in [4.69, 9.17) is 4.74 Å². The third-order valence-electron chi connectivity index (χ3n) is 5.17. The summed E-state index contributed by atoms with van der Waals surface area (Å²) in [6.07, 6.45) is 8.65. The summed E-state index contributed by atoms with van der Waals surface area (Å²) in [5.74, 6) is 0. The summed E-state index contributed by atoms with van der Waals surface area (Å²) in [4.78, 5) is 8.45. The number of nitrogens with one attached hydrogen (secondary N) is 1. The average molecular weight is 448 g/mol. The third kappa shape index (κ3) is 5.56. The van der Waals surface area contributed by atoms with Gasteiger partial charge in [0.2, 0.25) is 10.0 Å². The molecule has 0 bridgehead atoms. The first-order valence-electron chi connectivity index (χ1n) is 10.5. The van der Waals surface area contributed by atoms with Crippen LogP contribution in [0.25, 0.3) is 21.9 Å². The minimum atomic E-state index is -3.61. The Morgan fingerprint density at radius 2 is 1.66 bits per heavy atom. The number of benzene rings is 2. The molecule has 0 atom stereocenters. The van der Waals surface area contributed by atoms with Crippen LogP contribution in [0.15, 0.2) is 90.3 Å². The van der Waals surface area contributed by atoms with Gasteiger partial charge in [-0.15, -0.1) is 0 Å². The zero-order valence-electron chi connectivity index (χ0n) is 17.6. The van der Waals surface area contributed by atoms with Crippen LogP contribution in [0.5, 0.6) is 0 Å². The lowest BCUT2D eigenvalue weighted by Gasteiger charge is -2.10. The van der Waals surface area contributed by atoms with E-state index < -0.39 is 10.0 Å². The van der Waals surface area contributed by atoms with Gasteiger partial charge in [0.05, 0.1) is 11.5 Å². The van der Waals surface area contributed by atoms with E-state index in [9.17, 15) is 8.42 Å². The van der Waals surface area contributed by atoms with Crippen molar-refractivity contribution >= 4 is 20.8 Å². The molecule has 7 heteroatoms. The summed E-state index contributed by atoms with van der Waals surface area (Å²) in [5, 5.41) is 1.45. The van der Waals surface area contributed by atoms with Crippen molar-refractivity contribution in [2.75, 3.05) is 19.8 Å². The first-order valence-corrected chi connectivity index (χ1v) is 12.0. The predicted molar refractivity (Wildman–Crippen MR) is 126 cm³/mol. The number of aromatic nitrogens is 2. The maximum Gasteiger partial charge on any atom is 0.241 e. The van der Waals surface area contributed by atoms with E-state index in [-0.39, 0.29) is 11.4 Å². The lowest BCUT2D eigenvalue weighted by molar-refractivity contribution is 0.137.